The predicted molar refractivity (Wildman–Crippen MR) is 126 cm³/mol. The lowest BCUT2D eigenvalue weighted by Gasteiger charge is -2.35. The third-order valence-electron chi connectivity index (χ3n) is 5.00. The van der Waals surface area contributed by atoms with Crippen LogP contribution >= 0.6 is 35.7 Å². The molecular formula is C19H39IN4OS. The number of carbonyl (C=O) groups excluding carboxylic acids is 1. The van der Waals surface area contributed by atoms with Crippen LogP contribution in [0, 0.1) is 5.92 Å². The van der Waals surface area contributed by atoms with Crippen LogP contribution in [0.15, 0.2) is 4.99 Å². The van der Waals surface area contributed by atoms with Gasteiger partial charge in [-0.1, -0.05) is 13.8 Å². The summed E-state index contributed by atoms with van der Waals surface area (Å²) in [4.78, 5) is 19.3. The molecule has 154 valence electrons. The van der Waals surface area contributed by atoms with Crippen molar-refractivity contribution in [2.24, 2.45) is 10.9 Å². The standard InChI is InChI=1S/C19H38N4OS.HI/c1-7-15(8-2)17(24)23-12-10-16(11-13-23)22-18(20-9-3)21-14-19(4,5)25-6;/h15-16H,7-14H2,1-6H3,(H2,20,21,22);1H. The molecule has 1 heterocycles. The Kier molecular flexibility index (Phi) is 13.0. The van der Waals surface area contributed by atoms with Crippen molar-refractivity contribution in [3.8, 4) is 0 Å². The fraction of sp³-hybridized carbons (Fsp3) is 0.895. The first kappa shape index (κ1) is 25.8. The molecule has 0 atom stereocenters. The Hall–Kier alpha value is -0.180. The summed E-state index contributed by atoms with van der Waals surface area (Å²) in [5.74, 6) is 1.43. The summed E-state index contributed by atoms with van der Waals surface area (Å²) in [6.45, 7) is 14.1. The highest BCUT2D eigenvalue weighted by molar-refractivity contribution is 14.0. The maximum atomic E-state index is 12.5. The lowest BCUT2D eigenvalue weighted by atomic mass is 9.98. The quantitative estimate of drug-likeness (QED) is 0.304. The Balaban J connectivity index is 0.00000625. The van der Waals surface area contributed by atoms with Gasteiger partial charge in [0.25, 0.3) is 0 Å². The average Bonchev–Trinajstić information content (AvgIpc) is 2.61. The van der Waals surface area contributed by atoms with Gasteiger partial charge in [-0.3, -0.25) is 9.79 Å². The maximum Gasteiger partial charge on any atom is 0.225 e. The van der Waals surface area contributed by atoms with Gasteiger partial charge in [-0.2, -0.15) is 11.8 Å². The Morgan fingerprint density at radius 1 is 1.23 bits per heavy atom. The highest BCUT2D eigenvalue weighted by Crippen LogP contribution is 2.21. The molecule has 1 rings (SSSR count). The van der Waals surface area contributed by atoms with Crippen molar-refractivity contribution in [3.05, 3.63) is 0 Å². The van der Waals surface area contributed by atoms with Gasteiger partial charge in [-0.05, 0) is 52.7 Å². The van der Waals surface area contributed by atoms with Gasteiger partial charge in [0.05, 0.1) is 6.54 Å². The van der Waals surface area contributed by atoms with Gasteiger partial charge < -0.3 is 15.5 Å². The van der Waals surface area contributed by atoms with Crippen molar-refractivity contribution in [1.29, 1.82) is 0 Å². The number of amides is 1. The molecule has 1 saturated heterocycles. The lowest BCUT2D eigenvalue weighted by molar-refractivity contribution is -0.136. The van der Waals surface area contributed by atoms with Crippen molar-refractivity contribution in [1.82, 2.24) is 15.5 Å². The number of piperidine rings is 1. The largest absolute Gasteiger partial charge is 0.357 e. The molecule has 0 saturated carbocycles. The number of halogens is 1. The number of nitrogens with one attached hydrogen (secondary N) is 2. The highest BCUT2D eigenvalue weighted by Gasteiger charge is 2.27. The normalized spacial score (nSPS) is 16.4. The molecule has 7 heteroatoms. The number of thioether (sulfide) groups is 1. The molecule has 0 aromatic carbocycles. The van der Waals surface area contributed by atoms with E-state index >= 15 is 0 Å². The minimum absolute atomic E-state index is 0. The molecule has 2 N–H and O–H groups in total. The van der Waals surface area contributed by atoms with Gasteiger partial charge in [0.1, 0.15) is 0 Å². The first-order chi connectivity index (χ1) is 11.9. The molecule has 0 aromatic rings. The molecule has 1 aliphatic rings. The number of hydrogen-bond acceptors (Lipinski definition) is 3. The predicted octanol–water partition coefficient (Wildman–Crippen LogP) is 3.73. The highest BCUT2D eigenvalue weighted by atomic mass is 127. The first-order valence-electron chi connectivity index (χ1n) is 9.75. The Morgan fingerprint density at radius 3 is 2.27 bits per heavy atom. The van der Waals surface area contributed by atoms with Crippen LogP contribution in [-0.4, -0.2) is 60.0 Å². The molecule has 0 spiro atoms. The molecule has 1 aliphatic heterocycles. The van der Waals surface area contributed by atoms with E-state index in [0.29, 0.717) is 11.9 Å². The molecule has 1 fully saturated rings. The second kappa shape index (κ2) is 13.1. The Labute approximate surface area is 181 Å². The SMILES string of the molecule is CCNC(=NCC(C)(C)SC)NC1CCN(C(=O)C(CC)CC)CC1.I. The topological polar surface area (TPSA) is 56.7 Å². The van der Waals surface area contributed by atoms with Crippen LogP contribution in [0.5, 0.6) is 0 Å². The Morgan fingerprint density at radius 2 is 1.81 bits per heavy atom. The second-order valence-corrected chi connectivity index (χ2v) is 8.93. The van der Waals surface area contributed by atoms with Crippen molar-refractivity contribution >= 4 is 47.6 Å². The lowest BCUT2D eigenvalue weighted by Crippen LogP contribution is -2.50. The summed E-state index contributed by atoms with van der Waals surface area (Å²) in [7, 11) is 0. The number of hydrogen-bond donors (Lipinski definition) is 2. The third kappa shape index (κ3) is 8.67. The number of nitrogens with zero attached hydrogens (tertiary/aromatic N) is 2. The van der Waals surface area contributed by atoms with Crippen molar-refractivity contribution in [3.63, 3.8) is 0 Å². The molecule has 0 radical (unpaired) electrons. The van der Waals surface area contributed by atoms with Crippen LogP contribution in [0.3, 0.4) is 0 Å². The fourth-order valence-electron chi connectivity index (χ4n) is 2.99. The molecule has 0 bridgehead atoms. The van der Waals surface area contributed by atoms with Gasteiger partial charge in [0, 0.05) is 36.3 Å². The smallest absolute Gasteiger partial charge is 0.225 e. The average molecular weight is 499 g/mol. The molecular weight excluding hydrogens is 459 g/mol. The van der Waals surface area contributed by atoms with Gasteiger partial charge in [0.2, 0.25) is 5.91 Å². The van der Waals surface area contributed by atoms with E-state index in [2.05, 4.69) is 56.4 Å². The Bertz CT molecular complexity index is 433. The second-order valence-electron chi connectivity index (χ2n) is 7.42. The number of carbonyl (C=O) groups is 1. The van der Waals surface area contributed by atoms with Gasteiger partial charge in [-0.15, -0.1) is 24.0 Å². The van der Waals surface area contributed by atoms with Crippen molar-refractivity contribution < 1.29 is 4.79 Å². The minimum atomic E-state index is 0. The van der Waals surface area contributed by atoms with Gasteiger partial charge in [-0.25, -0.2) is 0 Å². The summed E-state index contributed by atoms with van der Waals surface area (Å²) < 4.78 is 0.146. The zero-order valence-corrected chi connectivity index (χ0v) is 20.6. The number of likely N-dealkylation sites (tertiary alicyclic amines) is 1. The van der Waals surface area contributed by atoms with Crippen LogP contribution in [0.1, 0.15) is 60.3 Å². The van der Waals surface area contributed by atoms with E-state index in [1.54, 1.807) is 0 Å². The van der Waals surface area contributed by atoms with E-state index in [1.165, 1.54) is 0 Å². The van der Waals surface area contributed by atoms with E-state index in [4.69, 9.17) is 4.99 Å². The van der Waals surface area contributed by atoms with Crippen molar-refractivity contribution in [2.45, 2.75) is 71.1 Å². The summed E-state index contributed by atoms with van der Waals surface area (Å²) in [5, 5.41) is 6.91. The van der Waals surface area contributed by atoms with E-state index in [9.17, 15) is 4.79 Å². The molecule has 5 nitrogen and oxygen atoms in total. The van der Waals surface area contributed by atoms with E-state index in [0.717, 1.165) is 57.8 Å². The maximum absolute atomic E-state index is 12.5. The number of rotatable bonds is 8. The summed E-state index contributed by atoms with van der Waals surface area (Å²) >= 11 is 1.84. The van der Waals surface area contributed by atoms with Gasteiger partial charge in [0.15, 0.2) is 5.96 Å². The molecule has 0 aromatic heterocycles. The van der Waals surface area contributed by atoms with Crippen LogP contribution in [-0.2, 0) is 4.79 Å². The summed E-state index contributed by atoms with van der Waals surface area (Å²) in [6, 6.07) is 0.390. The first-order valence-corrected chi connectivity index (χ1v) is 11.0. The fourth-order valence-corrected chi connectivity index (χ4v) is 3.18. The minimum Gasteiger partial charge on any atom is -0.357 e. The van der Waals surface area contributed by atoms with E-state index in [1.807, 2.05) is 11.8 Å². The molecule has 26 heavy (non-hydrogen) atoms. The van der Waals surface area contributed by atoms with Crippen LogP contribution in [0.4, 0.5) is 0 Å². The third-order valence-corrected chi connectivity index (χ3v) is 6.23. The number of aliphatic imine (C=N–C) groups is 1. The molecule has 0 unspecified atom stereocenters. The van der Waals surface area contributed by atoms with Crippen LogP contribution in [0.2, 0.25) is 0 Å². The number of guanidine groups is 1. The summed E-state index contributed by atoms with van der Waals surface area (Å²) in [6.07, 6.45) is 5.98. The monoisotopic (exact) mass is 498 g/mol. The van der Waals surface area contributed by atoms with Crippen LogP contribution < -0.4 is 10.6 Å². The van der Waals surface area contributed by atoms with Crippen LogP contribution in [0.25, 0.3) is 0 Å². The van der Waals surface area contributed by atoms with Gasteiger partial charge >= 0.3 is 0 Å². The van der Waals surface area contributed by atoms with E-state index in [-0.39, 0.29) is 34.6 Å². The zero-order chi connectivity index (χ0) is 18.9. The summed E-state index contributed by atoms with van der Waals surface area (Å²) in [5.41, 5.74) is 0. The van der Waals surface area contributed by atoms with E-state index < -0.39 is 0 Å². The molecule has 1 amide bonds. The molecule has 0 aliphatic carbocycles. The zero-order valence-electron chi connectivity index (χ0n) is 17.4. The van der Waals surface area contributed by atoms with Crippen molar-refractivity contribution in [2.75, 3.05) is 32.4 Å².